The second-order valence-corrected chi connectivity index (χ2v) is 9.84. The van der Waals surface area contributed by atoms with Gasteiger partial charge < -0.3 is 10.3 Å². The predicted octanol–water partition coefficient (Wildman–Crippen LogP) is 6.22. The maximum Gasteiger partial charge on any atom is 0.255 e. The van der Waals surface area contributed by atoms with E-state index < -0.39 is 5.82 Å². The zero-order valence-corrected chi connectivity index (χ0v) is 21.1. The molecule has 0 radical (unpaired) electrons. The Morgan fingerprint density at radius 1 is 0.925 bits per heavy atom. The standard InChI is InChI=1S/C28H16F2N8OS/c29-20-7-6-19(40-20)17-8-9-32-26-23(17)35-27(36-26)24-21-22(30)18(13-33-25(21)38-37-24)15-10-16(12-31-11-15)34-28(39)14-4-2-1-3-5-14/h1-13H,(H,34,39)(H,32,35,36)(H,33,37,38). The molecule has 40 heavy (non-hydrogen) atoms. The fourth-order valence-corrected chi connectivity index (χ4v) is 5.21. The van der Waals surface area contributed by atoms with Crippen molar-refractivity contribution in [3.8, 4) is 33.1 Å². The highest BCUT2D eigenvalue weighted by atomic mass is 32.1. The Balaban J connectivity index is 1.28. The molecule has 0 aliphatic heterocycles. The van der Waals surface area contributed by atoms with E-state index >= 15 is 4.39 Å². The number of fused-ring (bicyclic) bond motifs is 2. The van der Waals surface area contributed by atoms with Crippen LogP contribution in [-0.4, -0.2) is 41.0 Å². The van der Waals surface area contributed by atoms with E-state index in [1.165, 1.54) is 24.7 Å². The molecule has 1 amide bonds. The van der Waals surface area contributed by atoms with Crippen molar-refractivity contribution >= 4 is 45.1 Å². The number of halogens is 2. The third-order valence-corrected chi connectivity index (χ3v) is 7.22. The van der Waals surface area contributed by atoms with Gasteiger partial charge in [0, 0.05) is 45.7 Å². The predicted molar refractivity (Wildman–Crippen MR) is 148 cm³/mol. The third-order valence-electron chi connectivity index (χ3n) is 6.32. The number of carbonyl (C=O) groups excluding carboxylic acids is 1. The van der Waals surface area contributed by atoms with Crippen molar-refractivity contribution in [2.75, 3.05) is 5.32 Å². The molecular weight excluding hydrogens is 534 g/mol. The second kappa shape index (κ2) is 9.43. The van der Waals surface area contributed by atoms with Crippen molar-refractivity contribution < 1.29 is 13.6 Å². The Morgan fingerprint density at radius 2 is 1.80 bits per heavy atom. The Labute approximate surface area is 228 Å². The number of thiophene rings is 1. The monoisotopic (exact) mass is 550 g/mol. The molecule has 9 nitrogen and oxygen atoms in total. The summed E-state index contributed by atoms with van der Waals surface area (Å²) in [5.41, 5.74) is 3.56. The largest absolute Gasteiger partial charge is 0.321 e. The van der Waals surface area contributed by atoms with Crippen LogP contribution >= 0.6 is 11.3 Å². The lowest BCUT2D eigenvalue weighted by atomic mass is 10.1. The van der Waals surface area contributed by atoms with E-state index in [1.54, 1.807) is 48.7 Å². The highest BCUT2D eigenvalue weighted by molar-refractivity contribution is 7.14. The molecule has 0 bridgehead atoms. The molecule has 7 aromatic rings. The van der Waals surface area contributed by atoms with Crippen LogP contribution < -0.4 is 5.32 Å². The van der Waals surface area contributed by atoms with Crippen molar-refractivity contribution in [1.82, 2.24) is 35.1 Å². The molecule has 0 saturated carbocycles. The molecule has 1 aromatic carbocycles. The second-order valence-electron chi connectivity index (χ2n) is 8.81. The number of pyridine rings is 3. The number of aromatic nitrogens is 7. The summed E-state index contributed by atoms with van der Waals surface area (Å²) in [6.07, 6.45) is 5.94. The molecule has 3 N–H and O–H groups in total. The van der Waals surface area contributed by atoms with Crippen LogP contribution in [0.1, 0.15) is 10.4 Å². The van der Waals surface area contributed by atoms with Crippen LogP contribution in [-0.2, 0) is 0 Å². The fourth-order valence-electron chi connectivity index (χ4n) is 4.46. The molecule has 0 unspecified atom stereocenters. The molecule has 12 heteroatoms. The summed E-state index contributed by atoms with van der Waals surface area (Å²) in [6, 6.07) is 15.2. The lowest BCUT2D eigenvalue weighted by Gasteiger charge is -2.08. The van der Waals surface area contributed by atoms with Crippen molar-refractivity contribution in [2.24, 2.45) is 0 Å². The molecule has 0 saturated heterocycles. The maximum atomic E-state index is 16.1. The minimum absolute atomic E-state index is 0.124. The Morgan fingerprint density at radius 3 is 2.62 bits per heavy atom. The van der Waals surface area contributed by atoms with E-state index in [1.807, 2.05) is 6.07 Å². The van der Waals surface area contributed by atoms with E-state index in [9.17, 15) is 9.18 Å². The highest BCUT2D eigenvalue weighted by Gasteiger charge is 2.22. The number of carbonyl (C=O) groups is 1. The van der Waals surface area contributed by atoms with Gasteiger partial charge in [-0.1, -0.05) is 18.2 Å². The number of nitrogens with one attached hydrogen (secondary N) is 3. The summed E-state index contributed by atoms with van der Waals surface area (Å²) in [6.45, 7) is 0. The molecular formula is C28H16F2N8OS. The Bertz CT molecular complexity index is 2050. The quantitative estimate of drug-likeness (QED) is 0.234. The molecule has 0 atom stereocenters. The summed E-state index contributed by atoms with van der Waals surface area (Å²) in [5, 5.41) is 9.63. The Kier molecular flexibility index (Phi) is 5.60. The summed E-state index contributed by atoms with van der Waals surface area (Å²) in [4.78, 5) is 33.9. The van der Waals surface area contributed by atoms with Crippen molar-refractivity contribution in [2.45, 2.75) is 0 Å². The first-order valence-electron chi connectivity index (χ1n) is 12.0. The van der Waals surface area contributed by atoms with Gasteiger partial charge in [-0.05, 0) is 36.4 Å². The average Bonchev–Trinajstić information content (AvgIpc) is 3.72. The van der Waals surface area contributed by atoms with Crippen molar-refractivity contribution in [1.29, 1.82) is 0 Å². The van der Waals surface area contributed by atoms with Gasteiger partial charge in [0.2, 0.25) is 0 Å². The van der Waals surface area contributed by atoms with Gasteiger partial charge >= 0.3 is 0 Å². The number of hydrogen-bond acceptors (Lipinski definition) is 7. The van der Waals surface area contributed by atoms with Crippen molar-refractivity contribution in [3.05, 3.63) is 95.9 Å². The SMILES string of the molecule is O=C(Nc1cncc(-c2cnc3[nH]nc(-c4nc5c(-c6ccc(F)s6)ccnc5[nH]4)c3c2F)c1)c1ccccc1. The lowest BCUT2D eigenvalue weighted by molar-refractivity contribution is 0.102. The molecule has 0 aliphatic carbocycles. The van der Waals surface area contributed by atoms with Gasteiger partial charge in [0.15, 0.2) is 22.2 Å². The van der Waals surface area contributed by atoms with E-state index in [2.05, 4.69) is 40.4 Å². The first-order chi connectivity index (χ1) is 19.5. The molecule has 0 aliphatic rings. The minimum Gasteiger partial charge on any atom is -0.321 e. The number of amides is 1. The van der Waals surface area contributed by atoms with Crippen molar-refractivity contribution in [3.63, 3.8) is 0 Å². The van der Waals surface area contributed by atoms with Crippen LogP contribution in [0.3, 0.4) is 0 Å². The van der Waals surface area contributed by atoms with Gasteiger partial charge in [0.05, 0.1) is 17.3 Å². The first kappa shape index (κ1) is 23.7. The number of imidazole rings is 1. The number of rotatable bonds is 5. The number of H-pyrrole nitrogens is 2. The van der Waals surface area contributed by atoms with E-state index in [-0.39, 0.29) is 39.2 Å². The normalized spacial score (nSPS) is 11.3. The maximum absolute atomic E-state index is 16.1. The van der Waals surface area contributed by atoms with Crippen LogP contribution in [0.15, 0.2) is 79.4 Å². The summed E-state index contributed by atoms with van der Waals surface area (Å²) < 4.78 is 29.8. The van der Waals surface area contributed by atoms with Gasteiger partial charge in [-0.2, -0.15) is 9.49 Å². The Hall–Kier alpha value is -5.36. The van der Waals surface area contributed by atoms with E-state index in [4.69, 9.17) is 0 Å². The zero-order chi connectivity index (χ0) is 27.2. The molecule has 0 fully saturated rings. The fraction of sp³-hybridized carbons (Fsp3) is 0. The number of hydrogen-bond donors (Lipinski definition) is 3. The number of benzene rings is 1. The van der Waals surface area contributed by atoms with Gasteiger partial charge in [-0.15, -0.1) is 11.3 Å². The van der Waals surface area contributed by atoms with Crippen LogP contribution in [0.5, 0.6) is 0 Å². The number of anilines is 1. The van der Waals surface area contributed by atoms with Gasteiger partial charge in [0.25, 0.3) is 5.91 Å². The number of aromatic amines is 2. The van der Waals surface area contributed by atoms with Crippen LogP contribution in [0.2, 0.25) is 0 Å². The zero-order valence-electron chi connectivity index (χ0n) is 20.3. The van der Waals surface area contributed by atoms with Gasteiger partial charge in [-0.25, -0.2) is 19.3 Å². The average molecular weight is 551 g/mol. The number of nitrogens with zero attached hydrogens (tertiary/aromatic N) is 5. The highest BCUT2D eigenvalue weighted by Crippen LogP contribution is 2.35. The van der Waals surface area contributed by atoms with Gasteiger partial charge in [0.1, 0.15) is 17.0 Å². The first-order valence-corrected chi connectivity index (χ1v) is 12.8. The minimum atomic E-state index is -0.587. The molecule has 6 aromatic heterocycles. The topological polar surface area (TPSA) is 125 Å². The summed E-state index contributed by atoms with van der Waals surface area (Å²) >= 11 is 0.998. The van der Waals surface area contributed by atoms with Crippen LogP contribution in [0, 0.1) is 10.9 Å². The smallest absolute Gasteiger partial charge is 0.255 e. The summed E-state index contributed by atoms with van der Waals surface area (Å²) in [5.74, 6) is -0.622. The molecule has 7 rings (SSSR count). The van der Waals surface area contributed by atoms with Crippen LogP contribution in [0.4, 0.5) is 14.5 Å². The van der Waals surface area contributed by atoms with Crippen LogP contribution in [0.25, 0.3) is 55.3 Å². The lowest BCUT2D eigenvalue weighted by Crippen LogP contribution is -2.11. The van der Waals surface area contributed by atoms with E-state index in [0.29, 0.717) is 38.4 Å². The molecule has 194 valence electrons. The summed E-state index contributed by atoms with van der Waals surface area (Å²) in [7, 11) is 0. The molecule has 0 spiro atoms. The van der Waals surface area contributed by atoms with E-state index in [0.717, 1.165) is 11.3 Å². The van der Waals surface area contributed by atoms with Gasteiger partial charge in [-0.3, -0.25) is 14.9 Å². The third kappa shape index (κ3) is 4.07. The molecule has 6 heterocycles.